The zero-order chi connectivity index (χ0) is 22.6. The van der Waals surface area contributed by atoms with Gasteiger partial charge in [-0.2, -0.15) is 4.31 Å². The van der Waals surface area contributed by atoms with Crippen molar-refractivity contribution >= 4 is 21.6 Å². The molecule has 2 aliphatic heterocycles. The fourth-order valence-corrected chi connectivity index (χ4v) is 5.47. The molecule has 0 atom stereocenters. The zero-order valence-corrected chi connectivity index (χ0v) is 19.1. The van der Waals surface area contributed by atoms with Gasteiger partial charge in [-0.15, -0.1) is 0 Å². The van der Waals surface area contributed by atoms with Crippen molar-refractivity contribution in [1.29, 1.82) is 0 Å². The molecule has 32 heavy (non-hydrogen) atoms. The average Bonchev–Trinajstić information content (AvgIpc) is 3.11. The molecule has 2 heterocycles. The van der Waals surface area contributed by atoms with Crippen LogP contribution in [0.1, 0.15) is 16.8 Å². The van der Waals surface area contributed by atoms with E-state index in [2.05, 4.69) is 4.90 Å². The molecule has 4 rings (SSSR count). The minimum Gasteiger partial charge on any atom is -0.497 e. The molecule has 172 valence electrons. The monoisotopic (exact) mass is 459 g/mol. The van der Waals surface area contributed by atoms with E-state index in [4.69, 9.17) is 9.47 Å². The van der Waals surface area contributed by atoms with E-state index in [1.165, 1.54) is 16.4 Å². The van der Waals surface area contributed by atoms with Gasteiger partial charge in [-0.1, -0.05) is 0 Å². The number of ether oxygens (including phenoxy) is 2. The summed E-state index contributed by atoms with van der Waals surface area (Å²) in [7, 11) is -1.92. The van der Waals surface area contributed by atoms with Crippen molar-refractivity contribution in [3.63, 3.8) is 0 Å². The Kier molecular flexibility index (Phi) is 6.98. The van der Waals surface area contributed by atoms with Crippen LogP contribution < -0.4 is 9.64 Å². The number of anilines is 1. The molecule has 0 aliphatic carbocycles. The molecule has 2 aromatic rings. The first kappa shape index (κ1) is 22.6. The van der Waals surface area contributed by atoms with Gasteiger partial charge < -0.3 is 19.3 Å². The number of morpholine rings is 1. The first-order chi connectivity index (χ1) is 15.5. The molecule has 2 fully saturated rings. The Morgan fingerprint density at radius 2 is 1.56 bits per heavy atom. The smallest absolute Gasteiger partial charge is 0.253 e. The summed E-state index contributed by atoms with van der Waals surface area (Å²) in [6.07, 6.45) is 0.862. The Balaban J connectivity index is 1.40. The molecular formula is C23H29N3O5S. The molecule has 2 aromatic carbocycles. The van der Waals surface area contributed by atoms with Crippen LogP contribution in [0.3, 0.4) is 0 Å². The number of carbonyl (C=O) groups is 1. The summed E-state index contributed by atoms with van der Waals surface area (Å²) in [5.74, 6) is 0.747. The highest BCUT2D eigenvalue weighted by atomic mass is 32.2. The molecule has 0 spiro atoms. The first-order valence-electron chi connectivity index (χ1n) is 10.9. The molecule has 0 radical (unpaired) electrons. The average molecular weight is 460 g/mol. The summed E-state index contributed by atoms with van der Waals surface area (Å²) >= 11 is 0. The van der Waals surface area contributed by atoms with Gasteiger partial charge in [-0.3, -0.25) is 4.79 Å². The molecule has 0 aromatic heterocycles. The lowest BCUT2D eigenvalue weighted by Gasteiger charge is -2.26. The predicted molar refractivity (Wildman–Crippen MR) is 122 cm³/mol. The lowest BCUT2D eigenvalue weighted by Crippen LogP contribution is -2.40. The minimum absolute atomic E-state index is 0.0723. The second-order valence-corrected chi connectivity index (χ2v) is 9.81. The highest BCUT2D eigenvalue weighted by molar-refractivity contribution is 7.89. The van der Waals surface area contributed by atoms with Crippen LogP contribution in [0.15, 0.2) is 53.4 Å². The van der Waals surface area contributed by atoms with Gasteiger partial charge in [0.1, 0.15) is 5.75 Å². The summed E-state index contributed by atoms with van der Waals surface area (Å²) in [6, 6.07) is 14.2. The largest absolute Gasteiger partial charge is 0.497 e. The SMILES string of the molecule is COc1ccc(N2CCCN(C(=O)c3ccc(S(=O)(=O)N4CCOCC4)cc3)CC2)cc1. The lowest BCUT2D eigenvalue weighted by atomic mass is 10.2. The van der Waals surface area contributed by atoms with Gasteiger partial charge in [0.05, 0.1) is 25.2 Å². The van der Waals surface area contributed by atoms with Gasteiger partial charge >= 0.3 is 0 Å². The van der Waals surface area contributed by atoms with Crippen molar-refractivity contribution in [3.8, 4) is 5.75 Å². The Bertz CT molecular complexity index is 1020. The van der Waals surface area contributed by atoms with Gasteiger partial charge in [-0.25, -0.2) is 8.42 Å². The maximum atomic E-state index is 13.1. The van der Waals surface area contributed by atoms with E-state index in [9.17, 15) is 13.2 Å². The zero-order valence-electron chi connectivity index (χ0n) is 18.3. The predicted octanol–water partition coefficient (Wildman–Crippen LogP) is 2.07. The summed E-state index contributed by atoms with van der Waals surface area (Å²) < 4.78 is 37.5. The standard InChI is InChI=1S/C23H29N3O5S/c1-30-21-7-5-20(6-8-21)24-11-2-12-25(14-13-24)23(27)19-3-9-22(10-4-19)32(28,29)26-15-17-31-18-16-26/h3-10H,2,11-18H2,1H3. The van der Waals surface area contributed by atoms with Crippen LogP contribution in [0, 0.1) is 0 Å². The van der Waals surface area contributed by atoms with Crippen molar-refractivity contribution in [2.45, 2.75) is 11.3 Å². The molecule has 0 N–H and O–H groups in total. The van der Waals surface area contributed by atoms with E-state index in [1.807, 2.05) is 29.2 Å². The molecule has 0 unspecified atom stereocenters. The molecule has 8 nitrogen and oxygen atoms in total. The van der Waals surface area contributed by atoms with E-state index in [-0.39, 0.29) is 10.8 Å². The van der Waals surface area contributed by atoms with E-state index in [0.29, 0.717) is 45.0 Å². The van der Waals surface area contributed by atoms with Crippen LogP contribution in [-0.4, -0.2) is 83.1 Å². The Morgan fingerprint density at radius 3 is 2.22 bits per heavy atom. The fraction of sp³-hybridized carbons (Fsp3) is 0.435. The maximum Gasteiger partial charge on any atom is 0.253 e. The third-order valence-electron chi connectivity index (χ3n) is 5.93. The van der Waals surface area contributed by atoms with Gasteiger partial charge in [0.2, 0.25) is 10.0 Å². The van der Waals surface area contributed by atoms with Gasteiger partial charge in [0, 0.05) is 50.5 Å². The number of sulfonamides is 1. The van der Waals surface area contributed by atoms with Crippen LogP contribution in [0.25, 0.3) is 0 Å². The molecular weight excluding hydrogens is 430 g/mol. The van der Waals surface area contributed by atoms with Crippen molar-refractivity contribution in [3.05, 3.63) is 54.1 Å². The van der Waals surface area contributed by atoms with Crippen molar-refractivity contribution < 1.29 is 22.7 Å². The summed E-state index contributed by atoms with van der Waals surface area (Å²) in [5.41, 5.74) is 1.61. The van der Waals surface area contributed by atoms with Crippen molar-refractivity contribution in [2.24, 2.45) is 0 Å². The van der Waals surface area contributed by atoms with Crippen molar-refractivity contribution in [2.75, 3.05) is 64.5 Å². The number of hydrogen-bond donors (Lipinski definition) is 0. The van der Waals surface area contributed by atoms with Crippen LogP contribution >= 0.6 is 0 Å². The van der Waals surface area contributed by atoms with Crippen LogP contribution in [0.5, 0.6) is 5.75 Å². The van der Waals surface area contributed by atoms with Crippen LogP contribution in [0.2, 0.25) is 0 Å². The molecule has 2 saturated heterocycles. The van der Waals surface area contributed by atoms with Gasteiger partial charge in [0.25, 0.3) is 5.91 Å². The lowest BCUT2D eigenvalue weighted by molar-refractivity contribution is 0.0730. The number of methoxy groups -OCH3 is 1. The number of amides is 1. The van der Waals surface area contributed by atoms with Crippen LogP contribution in [-0.2, 0) is 14.8 Å². The quantitative estimate of drug-likeness (QED) is 0.681. The Labute approximate surface area is 189 Å². The second-order valence-electron chi connectivity index (χ2n) is 7.87. The first-order valence-corrected chi connectivity index (χ1v) is 12.3. The number of carbonyl (C=O) groups excluding carboxylic acids is 1. The van der Waals surface area contributed by atoms with E-state index < -0.39 is 10.0 Å². The van der Waals surface area contributed by atoms with Crippen molar-refractivity contribution in [1.82, 2.24) is 9.21 Å². The number of hydrogen-bond acceptors (Lipinski definition) is 6. The third-order valence-corrected chi connectivity index (χ3v) is 7.84. The van der Waals surface area contributed by atoms with Crippen LogP contribution in [0.4, 0.5) is 5.69 Å². The fourth-order valence-electron chi connectivity index (χ4n) is 4.06. The third kappa shape index (κ3) is 4.90. The van der Waals surface area contributed by atoms with E-state index >= 15 is 0 Å². The highest BCUT2D eigenvalue weighted by Crippen LogP contribution is 2.22. The van der Waals surface area contributed by atoms with E-state index in [1.54, 1.807) is 19.2 Å². The molecule has 0 saturated carbocycles. The molecule has 2 aliphatic rings. The molecule has 0 bridgehead atoms. The minimum atomic E-state index is -3.57. The van der Waals surface area contributed by atoms with Gasteiger partial charge in [0.15, 0.2) is 0 Å². The summed E-state index contributed by atoms with van der Waals surface area (Å²) in [6.45, 7) is 4.38. The summed E-state index contributed by atoms with van der Waals surface area (Å²) in [5, 5.41) is 0. The Hall–Kier alpha value is -2.62. The van der Waals surface area contributed by atoms with Gasteiger partial charge in [-0.05, 0) is 55.0 Å². The normalized spacial score (nSPS) is 18.3. The number of benzene rings is 2. The Morgan fingerprint density at radius 1 is 0.875 bits per heavy atom. The number of nitrogens with zero attached hydrogens (tertiary/aromatic N) is 3. The highest BCUT2D eigenvalue weighted by Gasteiger charge is 2.27. The molecule has 9 heteroatoms. The topological polar surface area (TPSA) is 79.4 Å². The second kappa shape index (κ2) is 9.89. The van der Waals surface area contributed by atoms with E-state index in [0.717, 1.165) is 30.9 Å². The molecule has 1 amide bonds. The summed E-state index contributed by atoms with van der Waals surface area (Å²) in [4.78, 5) is 17.4. The maximum absolute atomic E-state index is 13.1. The number of rotatable bonds is 5.